The zero-order valence-electron chi connectivity index (χ0n) is 17.0. The Hall–Kier alpha value is -3.04. The molecule has 0 fully saturated rings. The normalized spacial score (nSPS) is 12.3. The van der Waals surface area contributed by atoms with Gasteiger partial charge in [0.05, 0.1) is 18.8 Å². The molecule has 0 aliphatic rings. The van der Waals surface area contributed by atoms with Crippen molar-refractivity contribution in [3.63, 3.8) is 0 Å². The predicted molar refractivity (Wildman–Crippen MR) is 106 cm³/mol. The lowest BCUT2D eigenvalue weighted by Crippen LogP contribution is -2.16. The fourth-order valence-electron chi connectivity index (χ4n) is 2.66. The first-order valence-corrected chi connectivity index (χ1v) is 9.34. The minimum atomic E-state index is -0.542. The number of rotatable bonds is 8. The second kappa shape index (κ2) is 8.97. The molecule has 2 N–H and O–H groups in total. The number of pyridine rings is 1. The molecule has 1 atom stereocenters. The number of carbonyl (C=O) groups excluding carboxylic acids is 1. The molecule has 1 unspecified atom stereocenters. The van der Waals surface area contributed by atoms with Crippen LogP contribution in [-0.2, 0) is 11.2 Å². The Morgan fingerprint density at radius 3 is 2.66 bits per heavy atom. The van der Waals surface area contributed by atoms with Crippen LogP contribution in [0.5, 0.6) is 0 Å². The van der Waals surface area contributed by atoms with Crippen LogP contribution in [0.15, 0.2) is 33.3 Å². The number of carbonyl (C=O) groups is 1. The Kier molecular flexibility index (Phi) is 6.40. The number of methoxy groups -OCH3 is 1. The topological polar surface area (TPSA) is 121 Å². The van der Waals surface area contributed by atoms with Crippen LogP contribution in [0.25, 0.3) is 23.0 Å². The molecule has 9 nitrogen and oxygen atoms in total. The molecule has 0 aliphatic carbocycles. The van der Waals surface area contributed by atoms with Gasteiger partial charge in [-0.3, -0.25) is 0 Å². The number of likely N-dealkylation sites (N-methyl/N-ethyl adjacent to an activating group) is 1. The van der Waals surface area contributed by atoms with Crippen molar-refractivity contribution in [3.05, 3.63) is 41.8 Å². The Bertz CT molecular complexity index is 979. The number of nitrogens with zero attached hydrogens (tertiary/aromatic N) is 4. The molecule has 0 aromatic carbocycles. The number of hydrogen-bond acceptors (Lipinski definition) is 9. The van der Waals surface area contributed by atoms with Crippen LogP contribution in [0, 0.1) is 0 Å². The first kappa shape index (κ1) is 20.7. The first-order chi connectivity index (χ1) is 13.9. The van der Waals surface area contributed by atoms with E-state index >= 15 is 0 Å². The van der Waals surface area contributed by atoms with E-state index in [2.05, 4.69) is 15.0 Å². The van der Waals surface area contributed by atoms with Crippen LogP contribution in [-0.4, -0.2) is 53.6 Å². The molecule has 0 spiro atoms. The number of ether oxygens (including phenoxy) is 1. The highest BCUT2D eigenvalue weighted by Gasteiger charge is 2.22. The second-order valence-electron chi connectivity index (χ2n) is 6.83. The molecule has 0 amide bonds. The summed E-state index contributed by atoms with van der Waals surface area (Å²) in [6, 6.07) is 5.11. The fourth-order valence-corrected chi connectivity index (χ4v) is 2.66. The predicted octanol–water partition coefficient (Wildman–Crippen LogP) is 2.69. The zero-order chi connectivity index (χ0) is 21.0. The Balaban J connectivity index is 1.93. The van der Waals surface area contributed by atoms with Crippen LogP contribution in [0.4, 0.5) is 0 Å². The third-order valence-electron chi connectivity index (χ3n) is 4.37. The summed E-state index contributed by atoms with van der Waals surface area (Å²) in [5.41, 5.74) is 7.77. The quantitative estimate of drug-likeness (QED) is 0.570. The van der Waals surface area contributed by atoms with Gasteiger partial charge in [0.25, 0.3) is 0 Å². The highest BCUT2D eigenvalue weighted by atomic mass is 16.5. The third-order valence-corrected chi connectivity index (χ3v) is 4.37. The van der Waals surface area contributed by atoms with E-state index in [1.165, 1.54) is 13.4 Å². The average Bonchev–Trinajstić information content (AvgIpc) is 3.39. The summed E-state index contributed by atoms with van der Waals surface area (Å²) < 4.78 is 16.2. The molecule has 3 heterocycles. The van der Waals surface area contributed by atoms with Gasteiger partial charge in [0.15, 0.2) is 5.69 Å². The van der Waals surface area contributed by atoms with Crippen molar-refractivity contribution < 1.29 is 18.4 Å². The van der Waals surface area contributed by atoms with E-state index in [1.807, 2.05) is 32.0 Å². The van der Waals surface area contributed by atoms with E-state index in [0.29, 0.717) is 41.7 Å². The van der Waals surface area contributed by atoms with Crippen LogP contribution in [0.1, 0.15) is 41.5 Å². The van der Waals surface area contributed by atoms with E-state index in [-0.39, 0.29) is 17.6 Å². The average molecular weight is 399 g/mol. The second-order valence-corrected chi connectivity index (χ2v) is 6.83. The summed E-state index contributed by atoms with van der Waals surface area (Å²) in [5, 5.41) is 0. The van der Waals surface area contributed by atoms with E-state index in [1.54, 1.807) is 12.1 Å². The largest absolute Gasteiger partial charge is 0.464 e. The summed E-state index contributed by atoms with van der Waals surface area (Å²) in [4.78, 5) is 27.4. The van der Waals surface area contributed by atoms with Gasteiger partial charge >= 0.3 is 5.97 Å². The Labute approximate surface area is 168 Å². The van der Waals surface area contributed by atoms with E-state index in [0.717, 1.165) is 6.42 Å². The molecular formula is C20H25N5O4. The third kappa shape index (κ3) is 4.69. The van der Waals surface area contributed by atoms with Gasteiger partial charge in [0.1, 0.15) is 23.4 Å². The van der Waals surface area contributed by atoms with Crippen LogP contribution < -0.4 is 5.73 Å². The SMILES string of the molecule is CCC(N)c1nc(-c2cccc(-c3nc(C(=O)OC)c(CCN(C)C)o3)n2)co1. The van der Waals surface area contributed by atoms with Crippen molar-refractivity contribution in [1.29, 1.82) is 0 Å². The van der Waals surface area contributed by atoms with Gasteiger partial charge in [0, 0.05) is 13.0 Å². The molecule has 3 aromatic rings. The van der Waals surface area contributed by atoms with Gasteiger partial charge in [0.2, 0.25) is 11.8 Å². The molecule has 0 bridgehead atoms. The molecular weight excluding hydrogens is 374 g/mol. The van der Waals surface area contributed by atoms with E-state index in [9.17, 15) is 4.79 Å². The maximum absolute atomic E-state index is 12.1. The van der Waals surface area contributed by atoms with Crippen molar-refractivity contribution in [3.8, 4) is 23.0 Å². The zero-order valence-corrected chi connectivity index (χ0v) is 17.0. The lowest BCUT2D eigenvalue weighted by Gasteiger charge is -2.07. The highest BCUT2D eigenvalue weighted by Crippen LogP contribution is 2.26. The molecule has 29 heavy (non-hydrogen) atoms. The Morgan fingerprint density at radius 1 is 1.21 bits per heavy atom. The van der Waals surface area contributed by atoms with Crippen LogP contribution >= 0.6 is 0 Å². The van der Waals surface area contributed by atoms with Crippen molar-refractivity contribution >= 4 is 5.97 Å². The molecule has 3 rings (SSSR count). The van der Waals surface area contributed by atoms with Crippen LogP contribution in [0.3, 0.4) is 0 Å². The van der Waals surface area contributed by atoms with Gasteiger partial charge in [-0.05, 0) is 32.6 Å². The monoisotopic (exact) mass is 399 g/mol. The minimum absolute atomic E-state index is 0.161. The van der Waals surface area contributed by atoms with Crippen molar-refractivity contribution in [2.24, 2.45) is 5.73 Å². The van der Waals surface area contributed by atoms with Gasteiger partial charge in [-0.2, -0.15) is 0 Å². The maximum atomic E-state index is 12.1. The number of aromatic nitrogens is 3. The standard InChI is InChI=1S/C20H25N5O4/c1-5-12(21)18-23-15(11-28-18)13-7-6-8-14(22-13)19-24-17(20(26)27-4)16(29-19)9-10-25(2)3/h6-8,11-12H,5,9-10,21H2,1-4H3. The molecule has 9 heteroatoms. The molecule has 0 radical (unpaired) electrons. The number of hydrogen-bond donors (Lipinski definition) is 1. The van der Waals surface area contributed by atoms with Gasteiger partial charge < -0.3 is 24.2 Å². The number of esters is 1. The summed E-state index contributed by atoms with van der Waals surface area (Å²) in [5.74, 6) is 0.629. The van der Waals surface area contributed by atoms with Crippen molar-refractivity contribution in [2.75, 3.05) is 27.7 Å². The summed E-state index contributed by atoms with van der Waals surface area (Å²) in [7, 11) is 5.20. The van der Waals surface area contributed by atoms with Crippen LogP contribution in [0.2, 0.25) is 0 Å². The van der Waals surface area contributed by atoms with Crippen molar-refractivity contribution in [2.45, 2.75) is 25.8 Å². The van der Waals surface area contributed by atoms with Gasteiger partial charge in [-0.1, -0.05) is 13.0 Å². The molecule has 154 valence electrons. The van der Waals surface area contributed by atoms with E-state index in [4.69, 9.17) is 19.3 Å². The first-order valence-electron chi connectivity index (χ1n) is 9.34. The molecule has 0 saturated heterocycles. The number of oxazole rings is 2. The summed E-state index contributed by atoms with van der Waals surface area (Å²) in [6.07, 6.45) is 2.76. The fraction of sp³-hybridized carbons (Fsp3) is 0.400. The van der Waals surface area contributed by atoms with E-state index < -0.39 is 5.97 Å². The minimum Gasteiger partial charge on any atom is -0.464 e. The van der Waals surface area contributed by atoms with Gasteiger partial charge in [-0.15, -0.1) is 0 Å². The summed E-state index contributed by atoms with van der Waals surface area (Å²) in [6.45, 7) is 2.66. The molecule has 3 aromatic heterocycles. The smallest absolute Gasteiger partial charge is 0.360 e. The lowest BCUT2D eigenvalue weighted by atomic mass is 10.2. The Morgan fingerprint density at radius 2 is 1.97 bits per heavy atom. The number of nitrogens with two attached hydrogens (primary N) is 1. The van der Waals surface area contributed by atoms with Gasteiger partial charge in [-0.25, -0.2) is 19.7 Å². The summed E-state index contributed by atoms with van der Waals surface area (Å²) >= 11 is 0. The maximum Gasteiger partial charge on any atom is 0.360 e. The van der Waals surface area contributed by atoms with Crippen molar-refractivity contribution in [1.82, 2.24) is 19.9 Å². The molecule has 0 saturated carbocycles. The lowest BCUT2D eigenvalue weighted by molar-refractivity contribution is 0.0592. The molecule has 0 aliphatic heterocycles. The highest BCUT2D eigenvalue weighted by molar-refractivity contribution is 5.88.